The highest BCUT2D eigenvalue weighted by Gasteiger charge is 2.23. The Kier molecular flexibility index (Phi) is 4.13. The summed E-state index contributed by atoms with van der Waals surface area (Å²) >= 11 is 0. The number of benzene rings is 1. The SMILES string of the molecule is CNc1cc(C)nc(CC2COc3c(cccc3OC)C2)n1. The van der Waals surface area contributed by atoms with Gasteiger partial charge in [0.05, 0.1) is 13.7 Å². The van der Waals surface area contributed by atoms with E-state index in [4.69, 9.17) is 9.47 Å². The summed E-state index contributed by atoms with van der Waals surface area (Å²) in [7, 11) is 3.54. The van der Waals surface area contributed by atoms with Crippen LogP contribution in [0.1, 0.15) is 17.1 Å². The predicted octanol–water partition coefficient (Wildman–Crippen LogP) is 2.63. The van der Waals surface area contributed by atoms with E-state index in [0.717, 1.165) is 41.7 Å². The van der Waals surface area contributed by atoms with Crippen molar-refractivity contribution < 1.29 is 9.47 Å². The molecule has 0 aliphatic carbocycles. The van der Waals surface area contributed by atoms with Gasteiger partial charge in [-0.25, -0.2) is 9.97 Å². The van der Waals surface area contributed by atoms with Crippen LogP contribution in [-0.4, -0.2) is 30.7 Å². The van der Waals surface area contributed by atoms with Crippen molar-refractivity contribution in [2.45, 2.75) is 19.8 Å². The first-order chi connectivity index (χ1) is 10.7. The zero-order valence-corrected chi connectivity index (χ0v) is 13.2. The van der Waals surface area contributed by atoms with Crippen LogP contribution in [0, 0.1) is 12.8 Å². The van der Waals surface area contributed by atoms with E-state index >= 15 is 0 Å². The van der Waals surface area contributed by atoms with Crippen LogP contribution in [-0.2, 0) is 12.8 Å². The minimum absolute atomic E-state index is 0.381. The molecule has 1 aliphatic heterocycles. The van der Waals surface area contributed by atoms with Gasteiger partial charge in [-0.3, -0.25) is 0 Å². The van der Waals surface area contributed by atoms with Crippen molar-refractivity contribution >= 4 is 5.82 Å². The molecule has 0 bridgehead atoms. The Hall–Kier alpha value is -2.30. The van der Waals surface area contributed by atoms with Crippen LogP contribution >= 0.6 is 0 Å². The predicted molar refractivity (Wildman–Crippen MR) is 85.7 cm³/mol. The molecule has 0 saturated carbocycles. The summed E-state index contributed by atoms with van der Waals surface area (Å²) in [5, 5.41) is 3.08. The summed E-state index contributed by atoms with van der Waals surface area (Å²) in [4.78, 5) is 9.07. The first-order valence-corrected chi connectivity index (χ1v) is 7.50. The van der Waals surface area contributed by atoms with Crippen LogP contribution < -0.4 is 14.8 Å². The molecule has 0 amide bonds. The van der Waals surface area contributed by atoms with Crippen LogP contribution in [0.15, 0.2) is 24.3 Å². The lowest BCUT2D eigenvalue weighted by atomic mass is 9.93. The van der Waals surface area contributed by atoms with Crippen molar-refractivity contribution in [2.24, 2.45) is 5.92 Å². The summed E-state index contributed by atoms with van der Waals surface area (Å²) in [6.07, 6.45) is 1.77. The molecular weight excluding hydrogens is 278 g/mol. The number of para-hydroxylation sites is 1. The lowest BCUT2D eigenvalue weighted by Crippen LogP contribution is -2.24. The van der Waals surface area contributed by atoms with Crippen molar-refractivity contribution in [3.63, 3.8) is 0 Å². The average Bonchev–Trinajstić information content (AvgIpc) is 2.53. The van der Waals surface area contributed by atoms with Crippen molar-refractivity contribution in [2.75, 3.05) is 26.1 Å². The average molecular weight is 299 g/mol. The van der Waals surface area contributed by atoms with E-state index in [0.29, 0.717) is 12.5 Å². The monoisotopic (exact) mass is 299 g/mol. The number of aryl methyl sites for hydroxylation is 1. The third-order valence-corrected chi connectivity index (χ3v) is 3.88. The maximum absolute atomic E-state index is 5.92. The number of hydrogen-bond acceptors (Lipinski definition) is 5. The molecule has 1 aromatic heterocycles. The van der Waals surface area contributed by atoms with Gasteiger partial charge in [0.25, 0.3) is 0 Å². The van der Waals surface area contributed by atoms with Gasteiger partial charge in [0.2, 0.25) is 0 Å². The smallest absolute Gasteiger partial charge is 0.164 e. The molecule has 0 saturated heterocycles. The largest absolute Gasteiger partial charge is 0.493 e. The Morgan fingerprint density at radius 2 is 2.23 bits per heavy atom. The van der Waals surface area contributed by atoms with Crippen molar-refractivity contribution in [1.82, 2.24) is 9.97 Å². The van der Waals surface area contributed by atoms with Crippen molar-refractivity contribution in [3.8, 4) is 11.5 Å². The lowest BCUT2D eigenvalue weighted by Gasteiger charge is -2.26. The molecule has 5 nitrogen and oxygen atoms in total. The highest BCUT2D eigenvalue weighted by atomic mass is 16.5. The van der Waals surface area contributed by atoms with Gasteiger partial charge in [-0.1, -0.05) is 12.1 Å². The number of fused-ring (bicyclic) bond motifs is 1. The Labute approximate surface area is 130 Å². The van der Waals surface area contributed by atoms with E-state index in [9.17, 15) is 0 Å². The fourth-order valence-electron chi connectivity index (χ4n) is 2.86. The molecule has 1 aliphatic rings. The molecule has 5 heteroatoms. The highest BCUT2D eigenvalue weighted by Crippen LogP contribution is 2.36. The second kappa shape index (κ2) is 6.22. The zero-order valence-electron chi connectivity index (χ0n) is 13.2. The number of anilines is 1. The third-order valence-electron chi connectivity index (χ3n) is 3.88. The molecular formula is C17H21N3O2. The van der Waals surface area contributed by atoms with Gasteiger partial charge >= 0.3 is 0 Å². The molecule has 0 fully saturated rings. The number of aromatic nitrogens is 2. The summed E-state index contributed by atoms with van der Waals surface area (Å²) < 4.78 is 11.3. The maximum Gasteiger partial charge on any atom is 0.164 e. The third kappa shape index (κ3) is 2.98. The Balaban J connectivity index is 1.77. The minimum Gasteiger partial charge on any atom is -0.493 e. The van der Waals surface area contributed by atoms with Gasteiger partial charge in [0.1, 0.15) is 11.6 Å². The maximum atomic E-state index is 5.92. The van der Waals surface area contributed by atoms with Gasteiger partial charge in [0, 0.05) is 31.1 Å². The topological polar surface area (TPSA) is 56.3 Å². The zero-order chi connectivity index (χ0) is 15.5. The Morgan fingerprint density at radius 3 is 3.00 bits per heavy atom. The number of nitrogens with one attached hydrogen (secondary N) is 1. The van der Waals surface area contributed by atoms with E-state index in [1.54, 1.807) is 7.11 Å². The van der Waals surface area contributed by atoms with E-state index < -0.39 is 0 Å². The number of ether oxygens (including phenoxy) is 2. The van der Waals surface area contributed by atoms with Gasteiger partial charge in [-0.2, -0.15) is 0 Å². The van der Waals surface area contributed by atoms with E-state index in [2.05, 4.69) is 21.4 Å². The number of rotatable bonds is 4. The fourth-order valence-corrected chi connectivity index (χ4v) is 2.86. The van der Waals surface area contributed by atoms with Crippen molar-refractivity contribution in [1.29, 1.82) is 0 Å². The molecule has 22 heavy (non-hydrogen) atoms. The lowest BCUT2D eigenvalue weighted by molar-refractivity contribution is 0.209. The van der Waals surface area contributed by atoms with E-state index in [-0.39, 0.29) is 0 Å². The van der Waals surface area contributed by atoms with Gasteiger partial charge < -0.3 is 14.8 Å². The van der Waals surface area contributed by atoms with Crippen LogP contribution in [0.25, 0.3) is 0 Å². The van der Waals surface area contributed by atoms with E-state index in [1.807, 2.05) is 32.2 Å². The standard InChI is InChI=1S/C17H21N3O2/c1-11-7-15(18-2)20-16(19-11)9-12-8-13-5-4-6-14(21-3)17(13)22-10-12/h4-7,12H,8-10H2,1-3H3,(H,18,19,20). The van der Waals surface area contributed by atoms with E-state index in [1.165, 1.54) is 5.56 Å². The number of nitrogens with zero attached hydrogens (tertiary/aromatic N) is 2. The summed E-state index contributed by atoms with van der Waals surface area (Å²) in [5.74, 6) is 3.79. The molecule has 116 valence electrons. The van der Waals surface area contributed by atoms with Crippen LogP contribution in [0.5, 0.6) is 11.5 Å². The van der Waals surface area contributed by atoms with Crippen LogP contribution in [0.3, 0.4) is 0 Å². The molecule has 1 aromatic carbocycles. The summed E-state index contributed by atoms with van der Waals surface area (Å²) in [6, 6.07) is 7.98. The minimum atomic E-state index is 0.381. The quantitative estimate of drug-likeness (QED) is 0.940. The first-order valence-electron chi connectivity index (χ1n) is 7.50. The normalized spacial score (nSPS) is 16.6. The first kappa shape index (κ1) is 14.6. The molecule has 1 atom stereocenters. The van der Waals surface area contributed by atoms with Crippen LogP contribution in [0.4, 0.5) is 5.82 Å². The molecule has 0 radical (unpaired) electrons. The molecule has 0 spiro atoms. The second-order valence-corrected chi connectivity index (χ2v) is 5.59. The molecule has 1 N–H and O–H groups in total. The summed E-state index contributed by atoms with van der Waals surface area (Å²) in [6.45, 7) is 2.66. The highest BCUT2D eigenvalue weighted by molar-refractivity contribution is 5.47. The van der Waals surface area contributed by atoms with Crippen molar-refractivity contribution in [3.05, 3.63) is 41.3 Å². The van der Waals surface area contributed by atoms with Crippen LogP contribution in [0.2, 0.25) is 0 Å². The molecule has 1 unspecified atom stereocenters. The number of hydrogen-bond donors (Lipinski definition) is 1. The molecule has 3 rings (SSSR count). The Bertz CT molecular complexity index is 673. The molecule has 2 aromatic rings. The van der Waals surface area contributed by atoms with Gasteiger partial charge in [0.15, 0.2) is 11.5 Å². The fraction of sp³-hybridized carbons (Fsp3) is 0.412. The molecule has 2 heterocycles. The Morgan fingerprint density at radius 1 is 1.36 bits per heavy atom. The van der Waals surface area contributed by atoms with Gasteiger partial charge in [-0.15, -0.1) is 0 Å². The van der Waals surface area contributed by atoms with Gasteiger partial charge in [-0.05, 0) is 25.0 Å². The second-order valence-electron chi connectivity index (χ2n) is 5.59. The summed E-state index contributed by atoms with van der Waals surface area (Å²) in [5.41, 5.74) is 2.17. The number of methoxy groups -OCH3 is 1.